The van der Waals surface area contributed by atoms with Crippen LogP contribution in [0.2, 0.25) is 0 Å². The second-order valence-corrected chi connectivity index (χ2v) is 6.53. The first-order chi connectivity index (χ1) is 11.7. The predicted octanol–water partition coefficient (Wildman–Crippen LogP) is 3.63. The van der Waals surface area contributed by atoms with E-state index in [0.29, 0.717) is 11.8 Å². The predicted molar refractivity (Wildman–Crippen MR) is 94.2 cm³/mol. The third-order valence-electron chi connectivity index (χ3n) is 3.57. The highest BCUT2D eigenvalue weighted by atomic mass is 32.2. The van der Waals surface area contributed by atoms with E-state index >= 15 is 0 Å². The summed E-state index contributed by atoms with van der Waals surface area (Å²) in [4.78, 5) is 16.7. The van der Waals surface area contributed by atoms with Gasteiger partial charge in [-0.15, -0.1) is 0 Å². The molecule has 1 atom stereocenters. The minimum Gasteiger partial charge on any atom is -0.496 e. The Kier molecular flexibility index (Phi) is 5.05. The van der Waals surface area contributed by atoms with Crippen LogP contribution in [-0.2, 0) is 11.3 Å². The van der Waals surface area contributed by atoms with Crippen LogP contribution in [-0.4, -0.2) is 23.3 Å². The molecule has 1 N–H and O–H groups in total. The lowest BCUT2D eigenvalue weighted by molar-refractivity contribution is -0.120. The van der Waals surface area contributed by atoms with Crippen LogP contribution in [0.25, 0.3) is 11.1 Å². The average molecular weight is 342 g/mol. The molecule has 3 rings (SSSR count). The molecule has 0 saturated heterocycles. The summed E-state index contributed by atoms with van der Waals surface area (Å²) in [5.41, 5.74) is 2.45. The van der Waals surface area contributed by atoms with Crippen molar-refractivity contribution in [3.8, 4) is 5.75 Å². The third-order valence-corrected chi connectivity index (χ3v) is 4.51. The molecule has 124 valence electrons. The van der Waals surface area contributed by atoms with E-state index in [4.69, 9.17) is 9.15 Å². The number of aromatic nitrogens is 1. The van der Waals surface area contributed by atoms with E-state index in [-0.39, 0.29) is 11.2 Å². The molecule has 6 heteroatoms. The molecule has 1 aromatic heterocycles. The Labute approximate surface area is 144 Å². The summed E-state index contributed by atoms with van der Waals surface area (Å²) in [6.45, 7) is 2.25. The van der Waals surface area contributed by atoms with Crippen molar-refractivity contribution in [2.24, 2.45) is 0 Å². The maximum atomic E-state index is 12.3. The number of para-hydroxylation sites is 3. The fraction of sp³-hybridized carbons (Fsp3) is 0.222. The Bertz CT molecular complexity index is 814. The standard InChI is InChI=1S/C18H18N2O3S/c1-12(24-18-20-14-8-4-6-10-16(14)23-18)17(21)19-11-13-7-3-5-9-15(13)22-2/h3-10,12H,11H2,1-2H3,(H,19,21). The molecule has 0 saturated carbocycles. The van der Waals surface area contributed by atoms with Gasteiger partial charge in [-0.1, -0.05) is 42.1 Å². The second-order valence-electron chi connectivity index (χ2n) is 5.24. The van der Waals surface area contributed by atoms with Crippen LogP contribution >= 0.6 is 11.8 Å². The molecule has 24 heavy (non-hydrogen) atoms. The minimum atomic E-state index is -0.312. The van der Waals surface area contributed by atoms with Gasteiger partial charge in [-0.3, -0.25) is 4.79 Å². The van der Waals surface area contributed by atoms with Gasteiger partial charge in [0, 0.05) is 12.1 Å². The number of nitrogens with zero attached hydrogens (tertiary/aromatic N) is 1. The lowest BCUT2D eigenvalue weighted by Crippen LogP contribution is -2.30. The summed E-state index contributed by atoms with van der Waals surface area (Å²) < 4.78 is 10.9. The van der Waals surface area contributed by atoms with Crippen LogP contribution in [0.4, 0.5) is 0 Å². The molecule has 3 aromatic rings. The van der Waals surface area contributed by atoms with Crippen molar-refractivity contribution in [1.29, 1.82) is 0 Å². The van der Waals surface area contributed by atoms with Crippen molar-refractivity contribution in [3.63, 3.8) is 0 Å². The van der Waals surface area contributed by atoms with Crippen LogP contribution in [0.15, 0.2) is 58.2 Å². The van der Waals surface area contributed by atoms with Crippen molar-refractivity contribution in [3.05, 3.63) is 54.1 Å². The van der Waals surface area contributed by atoms with Gasteiger partial charge in [-0.05, 0) is 25.1 Å². The van der Waals surface area contributed by atoms with Gasteiger partial charge in [0.05, 0.1) is 12.4 Å². The number of hydrogen-bond acceptors (Lipinski definition) is 5. The van der Waals surface area contributed by atoms with Crippen molar-refractivity contribution < 1.29 is 13.9 Å². The maximum Gasteiger partial charge on any atom is 0.257 e. The zero-order valence-electron chi connectivity index (χ0n) is 13.5. The SMILES string of the molecule is COc1ccccc1CNC(=O)C(C)Sc1nc2ccccc2o1. The molecule has 5 nitrogen and oxygen atoms in total. The number of ether oxygens (including phenoxy) is 1. The molecular weight excluding hydrogens is 324 g/mol. The van der Waals surface area contributed by atoms with Crippen LogP contribution < -0.4 is 10.1 Å². The van der Waals surface area contributed by atoms with Crippen molar-refractivity contribution in [1.82, 2.24) is 10.3 Å². The summed E-state index contributed by atoms with van der Waals surface area (Å²) in [6, 6.07) is 15.2. The number of amides is 1. The fourth-order valence-corrected chi connectivity index (χ4v) is 3.06. The Morgan fingerprint density at radius 1 is 1.25 bits per heavy atom. The molecule has 1 unspecified atom stereocenters. The van der Waals surface area contributed by atoms with Gasteiger partial charge in [-0.2, -0.15) is 0 Å². The topological polar surface area (TPSA) is 64.4 Å². The number of methoxy groups -OCH3 is 1. The van der Waals surface area contributed by atoms with E-state index in [9.17, 15) is 4.79 Å². The number of nitrogens with one attached hydrogen (secondary N) is 1. The Balaban J connectivity index is 1.60. The van der Waals surface area contributed by atoms with Gasteiger partial charge in [-0.25, -0.2) is 4.98 Å². The van der Waals surface area contributed by atoms with Gasteiger partial charge < -0.3 is 14.5 Å². The summed E-state index contributed by atoms with van der Waals surface area (Å²) >= 11 is 1.30. The van der Waals surface area contributed by atoms with E-state index in [1.807, 2.05) is 55.5 Å². The van der Waals surface area contributed by atoms with Crippen molar-refractivity contribution in [2.75, 3.05) is 7.11 Å². The monoisotopic (exact) mass is 342 g/mol. The molecule has 2 aromatic carbocycles. The van der Waals surface area contributed by atoms with E-state index in [1.54, 1.807) is 7.11 Å². The van der Waals surface area contributed by atoms with Crippen LogP contribution in [0.1, 0.15) is 12.5 Å². The first kappa shape index (κ1) is 16.4. The zero-order valence-corrected chi connectivity index (χ0v) is 14.3. The number of fused-ring (bicyclic) bond motifs is 1. The molecular formula is C18H18N2O3S. The first-order valence-corrected chi connectivity index (χ1v) is 8.47. The average Bonchev–Trinajstić information content (AvgIpc) is 3.02. The number of thioether (sulfide) groups is 1. The first-order valence-electron chi connectivity index (χ1n) is 7.59. The molecule has 0 aliphatic rings. The highest BCUT2D eigenvalue weighted by molar-refractivity contribution is 8.00. The van der Waals surface area contributed by atoms with Gasteiger partial charge in [0.25, 0.3) is 5.22 Å². The minimum absolute atomic E-state index is 0.0758. The number of benzene rings is 2. The van der Waals surface area contributed by atoms with Crippen molar-refractivity contribution in [2.45, 2.75) is 23.9 Å². The third kappa shape index (κ3) is 3.71. The van der Waals surface area contributed by atoms with E-state index in [2.05, 4.69) is 10.3 Å². The molecule has 1 amide bonds. The van der Waals surface area contributed by atoms with E-state index in [0.717, 1.165) is 22.4 Å². The number of carbonyl (C=O) groups excluding carboxylic acids is 1. The molecule has 0 aliphatic heterocycles. The van der Waals surface area contributed by atoms with Crippen molar-refractivity contribution >= 4 is 28.8 Å². The molecule has 0 spiro atoms. The molecule has 0 aliphatic carbocycles. The van der Waals surface area contributed by atoms with E-state index < -0.39 is 0 Å². The normalized spacial score (nSPS) is 12.1. The molecule has 0 radical (unpaired) electrons. The van der Waals surface area contributed by atoms with Gasteiger partial charge in [0.2, 0.25) is 5.91 Å². The smallest absolute Gasteiger partial charge is 0.257 e. The highest BCUT2D eigenvalue weighted by Gasteiger charge is 2.18. The number of carbonyl (C=O) groups is 1. The zero-order chi connectivity index (χ0) is 16.9. The summed E-state index contributed by atoms with van der Waals surface area (Å²) in [7, 11) is 1.62. The molecule has 1 heterocycles. The molecule has 0 bridgehead atoms. The Hall–Kier alpha value is -2.47. The lowest BCUT2D eigenvalue weighted by Gasteiger charge is -2.12. The number of rotatable bonds is 6. The fourth-order valence-electron chi connectivity index (χ4n) is 2.28. The largest absolute Gasteiger partial charge is 0.496 e. The van der Waals surface area contributed by atoms with Crippen LogP contribution in [0.3, 0.4) is 0 Å². The number of hydrogen-bond donors (Lipinski definition) is 1. The van der Waals surface area contributed by atoms with Crippen LogP contribution in [0.5, 0.6) is 5.75 Å². The van der Waals surface area contributed by atoms with Crippen LogP contribution in [0, 0.1) is 0 Å². The lowest BCUT2D eigenvalue weighted by atomic mass is 10.2. The number of oxazole rings is 1. The molecule has 0 fully saturated rings. The summed E-state index contributed by atoms with van der Waals surface area (Å²) in [5.74, 6) is 0.685. The Morgan fingerprint density at radius 3 is 2.79 bits per heavy atom. The highest BCUT2D eigenvalue weighted by Crippen LogP contribution is 2.26. The quantitative estimate of drug-likeness (QED) is 0.693. The summed E-state index contributed by atoms with van der Waals surface area (Å²) in [5, 5.41) is 3.10. The summed E-state index contributed by atoms with van der Waals surface area (Å²) in [6.07, 6.45) is 0. The Morgan fingerprint density at radius 2 is 2.00 bits per heavy atom. The maximum absolute atomic E-state index is 12.3. The van der Waals surface area contributed by atoms with Gasteiger partial charge >= 0.3 is 0 Å². The second kappa shape index (κ2) is 7.40. The van der Waals surface area contributed by atoms with E-state index in [1.165, 1.54) is 11.8 Å². The van der Waals surface area contributed by atoms with Gasteiger partial charge in [0.15, 0.2) is 5.58 Å². The van der Waals surface area contributed by atoms with Gasteiger partial charge in [0.1, 0.15) is 11.3 Å².